The second-order valence-electron chi connectivity index (χ2n) is 4.63. The van der Waals surface area contributed by atoms with Crippen LogP contribution >= 0.6 is 0 Å². The first-order valence-corrected chi connectivity index (χ1v) is 5.17. The molecule has 6 nitrogen and oxygen atoms in total. The van der Waals surface area contributed by atoms with Gasteiger partial charge >= 0.3 is 0 Å². The van der Waals surface area contributed by atoms with Gasteiger partial charge in [0.1, 0.15) is 5.82 Å². The zero-order valence-corrected chi connectivity index (χ0v) is 10.5. The van der Waals surface area contributed by atoms with Crippen LogP contribution in [-0.2, 0) is 0 Å². The van der Waals surface area contributed by atoms with Crippen molar-refractivity contribution in [3.8, 4) is 0 Å². The summed E-state index contributed by atoms with van der Waals surface area (Å²) < 4.78 is 0. The molecule has 0 aromatic carbocycles. The van der Waals surface area contributed by atoms with E-state index < -0.39 is 0 Å². The Labute approximate surface area is 95.4 Å². The fourth-order valence-electron chi connectivity index (χ4n) is 0.978. The molecule has 1 rings (SSSR count). The van der Waals surface area contributed by atoms with Crippen molar-refractivity contribution in [2.45, 2.75) is 26.3 Å². The molecule has 0 aliphatic carbocycles. The average molecular weight is 225 g/mol. The largest absolute Gasteiger partial charge is 0.347 e. The lowest BCUT2D eigenvalue weighted by Gasteiger charge is -2.32. The number of nitrogens with one attached hydrogen (secondary N) is 2. The lowest BCUT2D eigenvalue weighted by molar-refractivity contribution is 0.0909. The van der Waals surface area contributed by atoms with E-state index in [0.29, 0.717) is 12.4 Å². The monoisotopic (exact) mass is 225 g/mol. The molecule has 0 bridgehead atoms. The van der Waals surface area contributed by atoms with E-state index in [2.05, 4.69) is 39.2 Å². The van der Waals surface area contributed by atoms with Crippen molar-refractivity contribution in [3.63, 3.8) is 0 Å². The first kappa shape index (κ1) is 12.6. The molecule has 0 saturated heterocycles. The smallest absolute Gasteiger partial charge is 0.291 e. The van der Waals surface area contributed by atoms with E-state index >= 15 is 0 Å². The van der Waals surface area contributed by atoms with Crippen LogP contribution in [-0.4, -0.2) is 52.2 Å². The van der Waals surface area contributed by atoms with Crippen LogP contribution in [0.1, 0.15) is 30.3 Å². The van der Waals surface area contributed by atoms with Gasteiger partial charge in [0.25, 0.3) is 5.91 Å². The minimum absolute atomic E-state index is 0.0962. The molecule has 1 amide bonds. The van der Waals surface area contributed by atoms with Gasteiger partial charge in [-0.05, 0) is 34.9 Å². The summed E-state index contributed by atoms with van der Waals surface area (Å²) >= 11 is 0. The number of rotatable bonds is 4. The molecule has 0 unspecified atom stereocenters. The van der Waals surface area contributed by atoms with Crippen LogP contribution in [0.25, 0.3) is 0 Å². The molecular formula is C10H19N5O. The third kappa shape index (κ3) is 3.03. The second-order valence-corrected chi connectivity index (χ2v) is 4.63. The number of likely N-dealkylation sites (N-methyl/N-ethyl adjacent to an activating group) is 1. The Morgan fingerprint density at radius 2 is 2.12 bits per heavy atom. The van der Waals surface area contributed by atoms with Gasteiger partial charge < -0.3 is 10.2 Å². The summed E-state index contributed by atoms with van der Waals surface area (Å²) in [5, 5.41) is 9.24. The topological polar surface area (TPSA) is 73.9 Å². The van der Waals surface area contributed by atoms with Crippen molar-refractivity contribution in [3.05, 3.63) is 11.6 Å². The molecule has 1 aromatic heterocycles. The Bertz CT molecular complexity index is 369. The molecule has 0 aliphatic rings. The first-order chi connectivity index (χ1) is 7.33. The zero-order chi connectivity index (χ0) is 12.3. The van der Waals surface area contributed by atoms with Gasteiger partial charge in [0.05, 0.1) is 0 Å². The number of aromatic amines is 1. The molecule has 0 fully saturated rings. The van der Waals surface area contributed by atoms with Crippen molar-refractivity contribution < 1.29 is 4.79 Å². The summed E-state index contributed by atoms with van der Waals surface area (Å²) in [6.07, 6.45) is 0. The number of amides is 1. The highest BCUT2D eigenvalue weighted by Crippen LogP contribution is 2.07. The summed E-state index contributed by atoms with van der Waals surface area (Å²) in [5.41, 5.74) is -0.0962. The summed E-state index contributed by atoms with van der Waals surface area (Å²) in [5.74, 6) is 0.573. The van der Waals surface area contributed by atoms with E-state index in [1.165, 1.54) is 0 Å². The Morgan fingerprint density at radius 3 is 2.56 bits per heavy atom. The van der Waals surface area contributed by atoms with Crippen LogP contribution in [0.3, 0.4) is 0 Å². The van der Waals surface area contributed by atoms with Crippen LogP contribution in [0.4, 0.5) is 0 Å². The third-order valence-electron chi connectivity index (χ3n) is 2.69. The number of nitrogens with zero attached hydrogens (tertiary/aromatic N) is 3. The molecule has 1 aromatic rings. The highest BCUT2D eigenvalue weighted by molar-refractivity contribution is 5.90. The van der Waals surface area contributed by atoms with E-state index in [0.717, 1.165) is 0 Å². The quantitative estimate of drug-likeness (QED) is 0.766. The van der Waals surface area contributed by atoms with E-state index in [1.807, 2.05) is 14.1 Å². The molecule has 0 radical (unpaired) electrons. The van der Waals surface area contributed by atoms with Crippen LogP contribution in [0.5, 0.6) is 0 Å². The van der Waals surface area contributed by atoms with Gasteiger partial charge in [-0.3, -0.25) is 9.89 Å². The molecule has 90 valence electrons. The van der Waals surface area contributed by atoms with Gasteiger partial charge in [0.2, 0.25) is 5.82 Å². The summed E-state index contributed by atoms with van der Waals surface area (Å²) in [6.45, 7) is 6.41. The molecule has 0 saturated carbocycles. The maximum absolute atomic E-state index is 11.7. The summed E-state index contributed by atoms with van der Waals surface area (Å²) in [7, 11) is 3.95. The van der Waals surface area contributed by atoms with Crippen LogP contribution in [0, 0.1) is 6.92 Å². The second kappa shape index (κ2) is 4.61. The fourth-order valence-corrected chi connectivity index (χ4v) is 0.978. The van der Waals surface area contributed by atoms with Crippen molar-refractivity contribution in [1.29, 1.82) is 0 Å². The van der Waals surface area contributed by atoms with Gasteiger partial charge in [-0.2, -0.15) is 0 Å². The predicted molar refractivity (Wildman–Crippen MR) is 61.2 cm³/mol. The number of carbonyl (C=O) groups excluding carboxylic acids is 1. The average Bonchev–Trinajstić information content (AvgIpc) is 2.61. The van der Waals surface area contributed by atoms with Gasteiger partial charge in [-0.15, -0.1) is 5.10 Å². The number of hydrogen-bond donors (Lipinski definition) is 2. The predicted octanol–water partition coefficient (Wildman–Crippen LogP) is 0.183. The molecule has 0 atom stereocenters. The van der Waals surface area contributed by atoms with Gasteiger partial charge in [-0.1, -0.05) is 0 Å². The van der Waals surface area contributed by atoms with Gasteiger partial charge in [0, 0.05) is 12.1 Å². The zero-order valence-electron chi connectivity index (χ0n) is 10.5. The standard InChI is InChI=1S/C10H19N5O/c1-7-12-8(14-13-7)9(16)11-6-10(2,3)15(4)5/h6H2,1-5H3,(H,11,16)(H,12,13,14). The lowest BCUT2D eigenvalue weighted by Crippen LogP contribution is -2.48. The Kier molecular flexibility index (Phi) is 3.64. The number of carbonyl (C=O) groups is 1. The molecular weight excluding hydrogens is 206 g/mol. The van der Waals surface area contributed by atoms with E-state index in [9.17, 15) is 4.79 Å². The maximum Gasteiger partial charge on any atom is 0.291 e. The Balaban J connectivity index is 2.54. The van der Waals surface area contributed by atoms with E-state index in [1.54, 1.807) is 6.92 Å². The van der Waals surface area contributed by atoms with Gasteiger partial charge in [0.15, 0.2) is 0 Å². The van der Waals surface area contributed by atoms with E-state index in [-0.39, 0.29) is 17.3 Å². The number of aromatic nitrogens is 3. The first-order valence-electron chi connectivity index (χ1n) is 5.17. The number of hydrogen-bond acceptors (Lipinski definition) is 4. The molecule has 16 heavy (non-hydrogen) atoms. The molecule has 1 heterocycles. The fraction of sp³-hybridized carbons (Fsp3) is 0.700. The SMILES string of the molecule is Cc1nc(C(=O)NCC(C)(C)N(C)C)n[nH]1. The third-order valence-corrected chi connectivity index (χ3v) is 2.69. The molecule has 6 heteroatoms. The highest BCUT2D eigenvalue weighted by atomic mass is 16.2. The summed E-state index contributed by atoms with van der Waals surface area (Å²) in [6, 6.07) is 0. The van der Waals surface area contributed by atoms with Crippen LogP contribution < -0.4 is 5.32 Å². The maximum atomic E-state index is 11.7. The normalized spacial score (nSPS) is 11.9. The molecule has 0 spiro atoms. The van der Waals surface area contributed by atoms with Crippen molar-refractivity contribution in [2.75, 3.05) is 20.6 Å². The number of H-pyrrole nitrogens is 1. The Hall–Kier alpha value is -1.43. The lowest BCUT2D eigenvalue weighted by atomic mass is 10.0. The Morgan fingerprint density at radius 1 is 1.50 bits per heavy atom. The van der Waals surface area contributed by atoms with E-state index in [4.69, 9.17) is 0 Å². The molecule has 2 N–H and O–H groups in total. The number of aryl methyl sites for hydroxylation is 1. The highest BCUT2D eigenvalue weighted by Gasteiger charge is 2.22. The molecule has 0 aliphatic heterocycles. The van der Waals surface area contributed by atoms with Gasteiger partial charge in [-0.25, -0.2) is 4.98 Å². The minimum Gasteiger partial charge on any atom is -0.347 e. The van der Waals surface area contributed by atoms with Crippen molar-refractivity contribution >= 4 is 5.91 Å². The van der Waals surface area contributed by atoms with Crippen LogP contribution in [0.2, 0.25) is 0 Å². The minimum atomic E-state index is -0.251. The van der Waals surface area contributed by atoms with Crippen molar-refractivity contribution in [2.24, 2.45) is 0 Å². The van der Waals surface area contributed by atoms with Crippen LogP contribution in [0.15, 0.2) is 0 Å². The summed E-state index contributed by atoms with van der Waals surface area (Å²) in [4.78, 5) is 17.7. The van der Waals surface area contributed by atoms with Crippen molar-refractivity contribution in [1.82, 2.24) is 25.4 Å².